The van der Waals surface area contributed by atoms with Gasteiger partial charge in [0.2, 0.25) is 0 Å². The second-order valence-corrected chi connectivity index (χ2v) is 4.97. The maximum absolute atomic E-state index is 12.3. The summed E-state index contributed by atoms with van der Waals surface area (Å²) >= 11 is 0. The first kappa shape index (κ1) is 15.7. The van der Waals surface area contributed by atoms with Gasteiger partial charge in [-0.15, -0.1) is 0 Å². The first-order valence-electron chi connectivity index (χ1n) is 6.98. The van der Waals surface area contributed by atoms with E-state index in [9.17, 15) is 4.79 Å². The van der Waals surface area contributed by atoms with Gasteiger partial charge in [-0.1, -0.05) is 18.2 Å². The summed E-state index contributed by atoms with van der Waals surface area (Å²) in [6.07, 6.45) is -0.636. The third kappa shape index (κ3) is 3.69. The fraction of sp³-hybridized carbons (Fsp3) is 0.235. The van der Waals surface area contributed by atoms with Crippen molar-refractivity contribution in [2.45, 2.75) is 20.0 Å². The lowest BCUT2D eigenvalue weighted by molar-refractivity contribution is -0.122. The van der Waals surface area contributed by atoms with Crippen molar-refractivity contribution in [3.63, 3.8) is 0 Å². The maximum atomic E-state index is 12.3. The number of ether oxygens (including phenoxy) is 2. The van der Waals surface area contributed by atoms with Gasteiger partial charge in [0, 0.05) is 11.8 Å². The highest BCUT2D eigenvalue weighted by atomic mass is 16.5. The average molecular weight is 300 g/mol. The topological polar surface area (TPSA) is 73.6 Å². The third-order valence-corrected chi connectivity index (χ3v) is 3.25. The van der Waals surface area contributed by atoms with Crippen molar-refractivity contribution in [1.82, 2.24) is 0 Å². The van der Waals surface area contributed by atoms with Crippen LogP contribution in [0.5, 0.6) is 11.5 Å². The Bertz CT molecular complexity index is 671. The van der Waals surface area contributed by atoms with Crippen molar-refractivity contribution < 1.29 is 14.3 Å². The fourth-order valence-corrected chi connectivity index (χ4v) is 1.98. The second kappa shape index (κ2) is 6.85. The summed E-state index contributed by atoms with van der Waals surface area (Å²) in [4.78, 5) is 12.3. The van der Waals surface area contributed by atoms with Crippen LogP contribution in [0.3, 0.4) is 0 Å². The van der Waals surface area contributed by atoms with Gasteiger partial charge in [0.25, 0.3) is 5.91 Å². The lowest BCUT2D eigenvalue weighted by Gasteiger charge is -2.17. The van der Waals surface area contributed by atoms with Gasteiger partial charge in [0.1, 0.15) is 11.5 Å². The minimum absolute atomic E-state index is 0.258. The van der Waals surface area contributed by atoms with E-state index >= 15 is 0 Å². The van der Waals surface area contributed by atoms with E-state index in [4.69, 9.17) is 15.2 Å². The third-order valence-electron chi connectivity index (χ3n) is 3.25. The van der Waals surface area contributed by atoms with Crippen LogP contribution in [0.15, 0.2) is 42.5 Å². The van der Waals surface area contributed by atoms with Crippen LogP contribution in [0.2, 0.25) is 0 Å². The lowest BCUT2D eigenvalue weighted by atomic mass is 10.2. The van der Waals surface area contributed by atoms with Gasteiger partial charge < -0.3 is 20.5 Å². The molecule has 0 aliphatic rings. The SMILES string of the molecule is COc1cc(N)ccc1NC(=O)C(C)Oc1ccccc1C. The first-order chi connectivity index (χ1) is 10.5. The summed E-state index contributed by atoms with van der Waals surface area (Å²) in [6.45, 7) is 3.63. The molecular formula is C17H20N2O3. The number of methoxy groups -OCH3 is 1. The number of amides is 1. The van der Waals surface area contributed by atoms with Crippen LogP contribution < -0.4 is 20.5 Å². The molecule has 0 radical (unpaired) electrons. The van der Waals surface area contributed by atoms with E-state index in [2.05, 4.69) is 5.32 Å². The summed E-state index contributed by atoms with van der Waals surface area (Å²) in [5.74, 6) is 0.942. The van der Waals surface area contributed by atoms with E-state index in [1.807, 2.05) is 31.2 Å². The Morgan fingerprint density at radius 3 is 2.59 bits per heavy atom. The molecule has 1 unspecified atom stereocenters. The largest absolute Gasteiger partial charge is 0.494 e. The number of hydrogen-bond acceptors (Lipinski definition) is 4. The highest BCUT2D eigenvalue weighted by Crippen LogP contribution is 2.27. The number of benzene rings is 2. The molecule has 2 rings (SSSR count). The molecule has 1 atom stereocenters. The Balaban J connectivity index is 2.07. The highest BCUT2D eigenvalue weighted by molar-refractivity contribution is 5.95. The van der Waals surface area contributed by atoms with Crippen molar-refractivity contribution in [2.75, 3.05) is 18.2 Å². The Morgan fingerprint density at radius 1 is 1.18 bits per heavy atom. The van der Waals surface area contributed by atoms with E-state index in [0.717, 1.165) is 5.56 Å². The Labute approximate surface area is 130 Å². The van der Waals surface area contributed by atoms with Gasteiger partial charge >= 0.3 is 0 Å². The molecule has 0 fully saturated rings. The summed E-state index contributed by atoms with van der Waals surface area (Å²) in [5, 5.41) is 2.78. The van der Waals surface area contributed by atoms with Gasteiger partial charge in [0.15, 0.2) is 6.10 Å². The van der Waals surface area contributed by atoms with Gasteiger partial charge in [0.05, 0.1) is 12.8 Å². The van der Waals surface area contributed by atoms with Gasteiger partial charge in [-0.2, -0.15) is 0 Å². The predicted octanol–water partition coefficient (Wildman–Crippen LogP) is 2.99. The van der Waals surface area contributed by atoms with Crippen molar-refractivity contribution in [3.05, 3.63) is 48.0 Å². The number of carbonyl (C=O) groups is 1. The van der Waals surface area contributed by atoms with E-state index in [-0.39, 0.29) is 5.91 Å². The molecule has 2 aromatic carbocycles. The minimum atomic E-state index is -0.636. The molecular weight excluding hydrogens is 280 g/mol. The Kier molecular flexibility index (Phi) is 4.88. The lowest BCUT2D eigenvalue weighted by Crippen LogP contribution is -2.30. The monoisotopic (exact) mass is 300 g/mol. The number of nitrogen functional groups attached to an aromatic ring is 1. The van der Waals surface area contributed by atoms with Crippen molar-refractivity contribution >= 4 is 17.3 Å². The van der Waals surface area contributed by atoms with Crippen LogP contribution in [0.25, 0.3) is 0 Å². The highest BCUT2D eigenvalue weighted by Gasteiger charge is 2.17. The fourth-order valence-electron chi connectivity index (χ4n) is 1.98. The molecule has 0 aromatic heterocycles. The minimum Gasteiger partial charge on any atom is -0.494 e. The van der Waals surface area contributed by atoms with Crippen LogP contribution in [0.1, 0.15) is 12.5 Å². The average Bonchev–Trinajstić information content (AvgIpc) is 2.51. The Morgan fingerprint density at radius 2 is 1.91 bits per heavy atom. The zero-order chi connectivity index (χ0) is 16.1. The van der Waals surface area contributed by atoms with Crippen molar-refractivity contribution in [1.29, 1.82) is 0 Å². The van der Waals surface area contributed by atoms with Gasteiger partial charge in [-0.25, -0.2) is 0 Å². The Hall–Kier alpha value is -2.69. The number of para-hydroxylation sites is 1. The predicted molar refractivity (Wildman–Crippen MR) is 87.3 cm³/mol. The number of rotatable bonds is 5. The zero-order valence-corrected chi connectivity index (χ0v) is 12.9. The van der Waals surface area contributed by atoms with Crippen LogP contribution in [0.4, 0.5) is 11.4 Å². The molecule has 0 saturated heterocycles. The van der Waals surface area contributed by atoms with Crippen molar-refractivity contribution in [3.8, 4) is 11.5 Å². The summed E-state index contributed by atoms with van der Waals surface area (Å²) in [6, 6.07) is 12.6. The molecule has 2 aromatic rings. The van der Waals surface area contributed by atoms with Gasteiger partial charge in [-0.3, -0.25) is 4.79 Å². The molecule has 22 heavy (non-hydrogen) atoms. The smallest absolute Gasteiger partial charge is 0.265 e. The van der Waals surface area contributed by atoms with Crippen molar-refractivity contribution in [2.24, 2.45) is 0 Å². The van der Waals surface area contributed by atoms with E-state index in [1.54, 1.807) is 25.1 Å². The molecule has 0 aliphatic carbocycles. The molecule has 3 N–H and O–H groups in total. The van der Waals surface area contributed by atoms with Gasteiger partial charge in [-0.05, 0) is 37.6 Å². The number of carbonyl (C=O) groups excluding carboxylic acids is 1. The molecule has 0 spiro atoms. The van der Waals surface area contributed by atoms with E-state index in [0.29, 0.717) is 22.9 Å². The normalized spacial score (nSPS) is 11.6. The molecule has 0 saturated carbocycles. The number of hydrogen-bond donors (Lipinski definition) is 2. The quantitative estimate of drug-likeness (QED) is 0.833. The number of anilines is 2. The van der Waals surface area contributed by atoms with E-state index in [1.165, 1.54) is 7.11 Å². The number of aryl methyl sites for hydroxylation is 1. The second-order valence-electron chi connectivity index (χ2n) is 4.97. The summed E-state index contributed by atoms with van der Waals surface area (Å²) in [5.41, 5.74) is 7.80. The molecule has 0 bridgehead atoms. The van der Waals surface area contributed by atoms with Crippen LogP contribution in [0, 0.1) is 6.92 Å². The standard InChI is InChI=1S/C17H20N2O3/c1-11-6-4-5-7-15(11)22-12(2)17(20)19-14-9-8-13(18)10-16(14)21-3/h4-10,12H,18H2,1-3H3,(H,19,20). The maximum Gasteiger partial charge on any atom is 0.265 e. The molecule has 116 valence electrons. The van der Waals surface area contributed by atoms with Crippen LogP contribution >= 0.6 is 0 Å². The summed E-state index contributed by atoms with van der Waals surface area (Å²) < 4.78 is 10.9. The van der Waals surface area contributed by atoms with Crippen LogP contribution in [-0.2, 0) is 4.79 Å². The first-order valence-corrected chi connectivity index (χ1v) is 6.98. The van der Waals surface area contributed by atoms with E-state index < -0.39 is 6.10 Å². The number of nitrogens with two attached hydrogens (primary N) is 1. The molecule has 0 heterocycles. The molecule has 0 aliphatic heterocycles. The molecule has 1 amide bonds. The summed E-state index contributed by atoms with van der Waals surface area (Å²) in [7, 11) is 1.53. The zero-order valence-electron chi connectivity index (χ0n) is 12.9. The molecule has 5 heteroatoms. The van der Waals surface area contributed by atoms with Crippen LogP contribution in [-0.4, -0.2) is 19.1 Å². The number of nitrogens with one attached hydrogen (secondary N) is 1. The molecule has 5 nitrogen and oxygen atoms in total.